The number of carbonyl (C=O) groups is 2. The highest BCUT2D eigenvalue weighted by atomic mass is 32.1. The number of fused-ring (bicyclic) bond motifs is 2. The highest BCUT2D eigenvalue weighted by Gasteiger charge is 2.28. The lowest BCUT2D eigenvalue weighted by Gasteiger charge is -2.29. The van der Waals surface area contributed by atoms with Crippen molar-refractivity contribution in [1.29, 1.82) is 0 Å². The number of methoxy groups -OCH3 is 1. The average Bonchev–Trinajstić information content (AvgIpc) is 3.28. The first-order valence-electron chi connectivity index (χ1n) is 11.5. The van der Waals surface area contributed by atoms with Crippen molar-refractivity contribution in [2.45, 2.75) is 32.2 Å². The maximum Gasteiger partial charge on any atom is 0.265 e. The predicted molar refractivity (Wildman–Crippen MR) is 142 cm³/mol. The van der Waals surface area contributed by atoms with Crippen LogP contribution >= 0.6 is 11.3 Å². The van der Waals surface area contributed by atoms with Crippen molar-refractivity contribution in [3.05, 3.63) is 94.4 Å². The van der Waals surface area contributed by atoms with E-state index in [2.05, 4.69) is 25.2 Å². The van der Waals surface area contributed by atoms with Crippen LogP contribution < -0.4 is 10.1 Å². The number of benzene rings is 3. The van der Waals surface area contributed by atoms with Crippen molar-refractivity contribution < 1.29 is 14.3 Å². The number of ketones is 1. The van der Waals surface area contributed by atoms with Crippen LogP contribution in [0, 0.1) is 0 Å². The summed E-state index contributed by atoms with van der Waals surface area (Å²) in [5.41, 5.74) is 3.90. The molecule has 0 aliphatic carbocycles. The SMILES string of the molecule is COc1ccc2c(c1)C(CC(=O)c1ccc(NC(=O)c3cc4ccccc4s3)cc1)=NC(C)(C)C2. The van der Waals surface area contributed by atoms with Crippen LogP contribution in [0.4, 0.5) is 5.69 Å². The number of nitrogens with zero attached hydrogens (tertiary/aromatic N) is 1. The van der Waals surface area contributed by atoms with E-state index in [0.717, 1.165) is 33.5 Å². The molecule has 0 bridgehead atoms. The summed E-state index contributed by atoms with van der Waals surface area (Å²) in [5.74, 6) is 0.578. The third kappa shape index (κ3) is 4.88. The minimum absolute atomic E-state index is 0.0161. The Bertz CT molecular complexity index is 1430. The normalized spacial score (nSPS) is 14.2. The first-order chi connectivity index (χ1) is 16.8. The molecule has 0 spiro atoms. The van der Waals surface area contributed by atoms with Crippen molar-refractivity contribution in [1.82, 2.24) is 0 Å². The van der Waals surface area contributed by atoms with Crippen molar-refractivity contribution in [2.75, 3.05) is 12.4 Å². The number of Topliss-reactive ketones (excluding diaryl/α,β-unsaturated/α-hetero) is 1. The molecule has 176 valence electrons. The Morgan fingerprint density at radius 1 is 1.03 bits per heavy atom. The number of ether oxygens (including phenoxy) is 1. The summed E-state index contributed by atoms with van der Waals surface area (Å²) in [7, 11) is 1.64. The summed E-state index contributed by atoms with van der Waals surface area (Å²) in [6.07, 6.45) is 1.02. The first-order valence-corrected chi connectivity index (χ1v) is 12.3. The number of amides is 1. The van der Waals surface area contributed by atoms with Gasteiger partial charge >= 0.3 is 0 Å². The predicted octanol–water partition coefficient (Wildman–Crippen LogP) is 6.56. The Kier molecular flexibility index (Phi) is 5.99. The number of carbonyl (C=O) groups excluding carboxylic acids is 2. The molecule has 1 aliphatic rings. The summed E-state index contributed by atoms with van der Waals surface area (Å²) in [6, 6.07) is 22.8. The highest BCUT2D eigenvalue weighted by Crippen LogP contribution is 2.31. The van der Waals surface area contributed by atoms with Gasteiger partial charge in [0.15, 0.2) is 5.78 Å². The third-order valence-corrected chi connectivity index (χ3v) is 7.25. The number of anilines is 1. The summed E-state index contributed by atoms with van der Waals surface area (Å²) in [6.45, 7) is 4.16. The lowest BCUT2D eigenvalue weighted by Crippen LogP contribution is -2.30. The van der Waals surface area contributed by atoms with Crippen LogP contribution in [0.3, 0.4) is 0 Å². The number of nitrogens with one attached hydrogen (secondary N) is 1. The number of thiophene rings is 1. The maximum atomic E-state index is 13.1. The molecule has 0 saturated heterocycles. The van der Waals surface area contributed by atoms with E-state index in [0.29, 0.717) is 16.1 Å². The van der Waals surface area contributed by atoms with Crippen molar-refractivity contribution in [3.63, 3.8) is 0 Å². The van der Waals surface area contributed by atoms with E-state index in [1.165, 1.54) is 16.9 Å². The molecule has 5 rings (SSSR count). The van der Waals surface area contributed by atoms with Crippen LogP contribution in [-0.4, -0.2) is 30.1 Å². The molecule has 1 aromatic heterocycles. The standard InChI is InChI=1S/C29H26N2O3S/c1-29(2)17-20-10-13-22(34-3)15-23(20)24(31-29)16-25(32)18-8-11-21(12-9-18)30-28(33)27-14-19-6-4-5-7-26(19)35-27/h4-15H,16-17H2,1-3H3,(H,30,33). The van der Waals surface area contributed by atoms with Gasteiger partial charge in [0.1, 0.15) is 5.75 Å². The second-order valence-electron chi connectivity index (χ2n) is 9.35. The van der Waals surface area contributed by atoms with Crippen LogP contribution in [0.2, 0.25) is 0 Å². The number of hydrogen-bond donors (Lipinski definition) is 1. The van der Waals surface area contributed by atoms with Crippen LogP contribution in [0.1, 0.15) is 51.4 Å². The lowest BCUT2D eigenvalue weighted by molar-refractivity contribution is 0.0998. The molecular weight excluding hydrogens is 456 g/mol. The number of hydrogen-bond acceptors (Lipinski definition) is 5. The smallest absolute Gasteiger partial charge is 0.265 e. The van der Waals surface area contributed by atoms with Crippen molar-refractivity contribution >= 4 is 44.5 Å². The Labute approximate surface area is 208 Å². The fraction of sp³-hybridized carbons (Fsp3) is 0.207. The quantitative estimate of drug-likeness (QED) is 0.317. The zero-order chi connectivity index (χ0) is 24.6. The zero-order valence-corrected chi connectivity index (χ0v) is 20.7. The molecule has 6 heteroatoms. The molecule has 1 N–H and O–H groups in total. The van der Waals surface area contributed by atoms with Gasteiger partial charge in [-0.2, -0.15) is 0 Å². The fourth-order valence-electron chi connectivity index (χ4n) is 4.45. The Morgan fingerprint density at radius 2 is 1.80 bits per heavy atom. The largest absolute Gasteiger partial charge is 0.497 e. The minimum atomic E-state index is -0.266. The van der Waals surface area contributed by atoms with Gasteiger partial charge in [0.25, 0.3) is 5.91 Å². The van der Waals surface area contributed by atoms with Crippen LogP contribution in [0.5, 0.6) is 5.75 Å². The van der Waals surface area contributed by atoms with Gasteiger partial charge in [-0.05, 0) is 79.7 Å². The van der Waals surface area contributed by atoms with Crippen molar-refractivity contribution in [3.8, 4) is 5.75 Å². The topological polar surface area (TPSA) is 67.8 Å². The van der Waals surface area contributed by atoms with Gasteiger partial charge in [-0.1, -0.05) is 24.3 Å². The van der Waals surface area contributed by atoms with E-state index in [-0.39, 0.29) is 23.7 Å². The summed E-state index contributed by atoms with van der Waals surface area (Å²) in [5, 5.41) is 3.98. The minimum Gasteiger partial charge on any atom is -0.497 e. The molecule has 0 unspecified atom stereocenters. The van der Waals surface area contributed by atoms with E-state index >= 15 is 0 Å². The summed E-state index contributed by atoms with van der Waals surface area (Å²) >= 11 is 1.46. The van der Waals surface area contributed by atoms with Gasteiger partial charge in [-0.3, -0.25) is 14.6 Å². The van der Waals surface area contributed by atoms with Gasteiger partial charge in [0, 0.05) is 21.5 Å². The molecule has 2 heterocycles. The highest BCUT2D eigenvalue weighted by molar-refractivity contribution is 7.20. The molecule has 0 saturated carbocycles. The molecule has 0 atom stereocenters. The molecule has 3 aromatic carbocycles. The van der Waals surface area contributed by atoms with E-state index < -0.39 is 0 Å². The van der Waals surface area contributed by atoms with Crippen LogP contribution in [-0.2, 0) is 6.42 Å². The van der Waals surface area contributed by atoms with Crippen molar-refractivity contribution in [2.24, 2.45) is 4.99 Å². The second kappa shape index (κ2) is 9.12. The van der Waals surface area contributed by atoms with Crippen LogP contribution in [0.15, 0.2) is 77.8 Å². The molecule has 0 radical (unpaired) electrons. The summed E-state index contributed by atoms with van der Waals surface area (Å²) < 4.78 is 6.47. The molecule has 1 aliphatic heterocycles. The molecular formula is C29H26N2O3S. The van der Waals surface area contributed by atoms with Gasteiger partial charge in [0.2, 0.25) is 0 Å². The van der Waals surface area contributed by atoms with Gasteiger partial charge in [0.05, 0.1) is 29.7 Å². The second-order valence-corrected chi connectivity index (χ2v) is 10.4. The zero-order valence-electron chi connectivity index (χ0n) is 19.9. The van der Waals surface area contributed by atoms with E-state index in [1.807, 2.05) is 42.5 Å². The fourth-order valence-corrected chi connectivity index (χ4v) is 5.41. The average molecular weight is 483 g/mol. The lowest BCUT2D eigenvalue weighted by atomic mass is 9.85. The monoisotopic (exact) mass is 482 g/mol. The molecule has 1 amide bonds. The van der Waals surface area contributed by atoms with E-state index in [4.69, 9.17) is 9.73 Å². The summed E-state index contributed by atoms with van der Waals surface area (Å²) in [4.78, 5) is 31.4. The van der Waals surface area contributed by atoms with Crippen LogP contribution in [0.25, 0.3) is 10.1 Å². The number of aliphatic imine (C=N–C) groups is 1. The van der Waals surface area contributed by atoms with Gasteiger partial charge in [-0.15, -0.1) is 11.3 Å². The van der Waals surface area contributed by atoms with Gasteiger partial charge < -0.3 is 10.1 Å². The molecule has 35 heavy (non-hydrogen) atoms. The number of rotatable bonds is 6. The Hall–Kier alpha value is -3.77. The third-order valence-electron chi connectivity index (χ3n) is 6.13. The molecule has 5 nitrogen and oxygen atoms in total. The Balaban J connectivity index is 1.31. The first kappa shape index (κ1) is 23.0. The molecule has 4 aromatic rings. The van der Waals surface area contributed by atoms with Gasteiger partial charge in [-0.25, -0.2) is 0 Å². The Morgan fingerprint density at radius 3 is 2.54 bits per heavy atom. The van der Waals surface area contributed by atoms with E-state index in [9.17, 15) is 9.59 Å². The van der Waals surface area contributed by atoms with E-state index in [1.54, 1.807) is 31.4 Å². The maximum absolute atomic E-state index is 13.1. The molecule has 0 fully saturated rings.